The number of ether oxygens (including phenoxy) is 1. The van der Waals surface area contributed by atoms with Crippen LogP contribution in [0.5, 0.6) is 0 Å². The molecular formula is C21H31F2N5O4. The van der Waals surface area contributed by atoms with E-state index in [0.717, 1.165) is 0 Å². The molecule has 1 aliphatic carbocycles. The number of halogens is 2. The molecule has 0 bridgehead atoms. The third-order valence-corrected chi connectivity index (χ3v) is 5.66. The molecule has 1 saturated heterocycles. The molecule has 2 fully saturated rings. The number of alkyl carbamates (subject to hydrolysis) is 1. The standard InChI is InChI=1S/C21H31F2N5O4/c1-20(2,3)32-19(31)27-16(13-4-7-21(22,23)8-5-13)18(30)26-15-10-25-28(12-15)11-14-6-9-24-17(14)29/h10,12-14,16H,4-9,11H2,1-3H3,(H,24,29)(H,26,30)(H,27,31). The Morgan fingerprint density at radius 2 is 2.00 bits per heavy atom. The molecule has 1 aromatic rings. The van der Waals surface area contributed by atoms with Crippen LogP contribution in [-0.4, -0.2) is 51.8 Å². The Hall–Kier alpha value is -2.72. The van der Waals surface area contributed by atoms with E-state index in [1.54, 1.807) is 31.6 Å². The number of rotatable bonds is 6. The predicted octanol–water partition coefficient (Wildman–Crippen LogP) is 2.68. The molecule has 3 amide bonds. The number of carbonyl (C=O) groups is 3. The van der Waals surface area contributed by atoms with E-state index < -0.39 is 35.5 Å². The van der Waals surface area contributed by atoms with Gasteiger partial charge in [-0.05, 0) is 46.0 Å². The maximum Gasteiger partial charge on any atom is 0.408 e. The number of amides is 3. The number of anilines is 1. The van der Waals surface area contributed by atoms with Crippen LogP contribution in [0.1, 0.15) is 52.9 Å². The average molecular weight is 456 g/mol. The number of carbonyl (C=O) groups excluding carboxylic acids is 3. The smallest absolute Gasteiger partial charge is 0.408 e. The highest BCUT2D eigenvalue weighted by atomic mass is 19.3. The molecule has 11 heteroatoms. The van der Waals surface area contributed by atoms with Crippen molar-refractivity contribution in [3.05, 3.63) is 12.4 Å². The van der Waals surface area contributed by atoms with E-state index in [1.807, 2.05) is 0 Å². The van der Waals surface area contributed by atoms with Gasteiger partial charge in [-0.3, -0.25) is 14.3 Å². The Balaban J connectivity index is 1.66. The summed E-state index contributed by atoms with van der Waals surface area (Å²) < 4.78 is 34.1. The summed E-state index contributed by atoms with van der Waals surface area (Å²) in [6, 6.07) is -1.02. The molecule has 9 nitrogen and oxygen atoms in total. The number of alkyl halides is 2. The summed E-state index contributed by atoms with van der Waals surface area (Å²) in [5.74, 6) is -3.92. The first kappa shape index (κ1) is 23.9. The molecule has 32 heavy (non-hydrogen) atoms. The van der Waals surface area contributed by atoms with Gasteiger partial charge in [-0.2, -0.15) is 5.10 Å². The van der Waals surface area contributed by atoms with Crippen molar-refractivity contribution in [2.45, 2.75) is 77.0 Å². The Morgan fingerprint density at radius 1 is 1.31 bits per heavy atom. The van der Waals surface area contributed by atoms with Crippen LogP contribution in [0.15, 0.2) is 12.4 Å². The largest absolute Gasteiger partial charge is 0.444 e. The van der Waals surface area contributed by atoms with Crippen molar-refractivity contribution in [2.75, 3.05) is 11.9 Å². The van der Waals surface area contributed by atoms with Gasteiger partial charge in [-0.25, -0.2) is 13.6 Å². The van der Waals surface area contributed by atoms with Gasteiger partial charge in [0.05, 0.1) is 24.3 Å². The zero-order chi connectivity index (χ0) is 23.5. The molecule has 3 rings (SSSR count). The molecule has 2 atom stereocenters. The number of aromatic nitrogens is 2. The van der Waals surface area contributed by atoms with Crippen molar-refractivity contribution >= 4 is 23.6 Å². The SMILES string of the molecule is CC(C)(C)OC(=O)NC(C(=O)Nc1cnn(CC2CCNC2=O)c1)C1CCC(F)(F)CC1. The van der Waals surface area contributed by atoms with Crippen LogP contribution in [0.25, 0.3) is 0 Å². The molecule has 1 saturated carbocycles. The minimum absolute atomic E-state index is 0.0261. The third-order valence-electron chi connectivity index (χ3n) is 5.66. The summed E-state index contributed by atoms with van der Waals surface area (Å²) in [7, 11) is 0. The predicted molar refractivity (Wildman–Crippen MR) is 112 cm³/mol. The van der Waals surface area contributed by atoms with Crippen LogP contribution in [0, 0.1) is 11.8 Å². The minimum Gasteiger partial charge on any atom is -0.444 e. The van der Waals surface area contributed by atoms with Crippen LogP contribution >= 0.6 is 0 Å². The Bertz CT molecular complexity index is 841. The van der Waals surface area contributed by atoms with Crippen LogP contribution < -0.4 is 16.0 Å². The highest BCUT2D eigenvalue weighted by Gasteiger charge is 2.41. The lowest BCUT2D eigenvalue weighted by molar-refractivity contribution is -0.123. The van der Waals surface area contributed by atoms with Gasteiger partial charge in [0.2, 0.25) is 17.7 Å². The highest BCUT2D eigenvalue weighted by Crippen LogP contribution is 2.37. The monoisotopic (exact) mass is 455 g/mol. The number of hydrogen-bond acceptors (Lipinski definition) is 5. The fourth-order valence-electron chi connectivity index (χ4n) is 4.02. The van der Waals surface area contributed by atoms with Gasteiger partial charge in [0.25, 0.3) is 0 Å². The van der Waals surface area contributed by atoms with Crippen molar-refractivity contribution in [1.82, 2.24) is 20.4 Å². The molecule has 2 aliphatic rings. The Kier molecular flexibility index (Phi) is 7.04. The van der Waals surface area contributed by atoms with Gasteiger partial charge in [-0.1, -0.05) is 0 Å². The van der Waals surface area contributed by atoms with Gasteiger partial charge >= 0.3 is 6.09 Å². The van der Waals surface area contributed by atoms with Gasteiger partial charge in [0.15, 0.2) is 0 Å². The molecule has 2 heterocycles. The normalized spacial score (nSPS) is 22.2. The number of hydrogen-bond donors (Lipinski definition) is 3. The van der Waals surface area contributed by atoms with E-state index in [0.29, 0.717) is 25.2 Å². The molecule has 0 radical (unpaired) electrons. The summed E-state index contributed by atoms with van der Waals surface area (Å²) in [5.41, 5.74) is -0.371. The van der Waals surface area contributed by atoms with Gasteiger partial charge < -0.3 is 20.7 Å². The lowest BCUT2D eigenvalue weighted by Crippen LogP contribution is -2.51. The molecular weight excluding hydrogens is 424 g/mol. The molecule has 178 valence electrons. The second kappa shape index (κ2) is 9.41. The van der Waals surface area contributed by atoms with Crippen molar-refractivity contribution in [3.63, 3.8) is 0 Å². The zero-order valence-corrected chi connectivity index (χ0v) is 18.6. The van der Waals surface area contributed by atoms with E-state index in [4.69, 9.17) is 4.74 Å². The fraction of sp³-hybridized carbons (Fsp3) is 0.714. The van der Waals surface area contributed by atoms with Gasteiger partial charge in [0.1, 0.15) is 11.6 Å². The second-order valence-electron chi connectivity index (χ2n) is 9.53. The van der Waals surface area contributed by atoms with E-state index in [-0.39, 0.29) is 37.5 Å². The first-order valence-electron chi connectivity index (χ1n) is 10.9. The third kappa shape index (κ3) is 6.64. The van der Waals surface area contributed by atoms with Crippen LogP contribution in [0.3, 0.4) is 0 Å². The summed E-state index contributed by atoms with van der Waals surface area (Å²) in [6.45, 7) is 6.11. The summed E-state index contributed by atoms with van der Waals surface area (Å²) in [5, 5.41) is 12.2. The van der Waals surface area contributed by atoms with Gasteiger partial charge in [0, 0.05) is 25.6 Å². The van der Waals surface area contributed by atoms with Crippen LogP contribution in [-0.2, 0) is 20.9 Å². The Morgan fingerprint density at radius 3 is 2.59 bits per heavy atom. The summed E-state index contributed by atoms with van der Waals surface area (Å²) in [4.78, 5) is 37.1. The number of nitrogens with one attached hydrogen (secondary N) is 3. The van der Waals surface area contributed by atoms with Crippen molar-refractivity contribution in [2.24, 2.45) is 11.8 Å². The molecule has 0 spiro atoms. The highest BCUT2D eigenvalue weighted by molar-refractivity contribution is 5.96. The zero-order valence-electron chi connectivity index (χ0n) is 18.6. The van der Waals surface area contributed by atoms with Crippen molar-refractivity contribution < 1.29 is 27.9 Å². The minimum atomic E-state index is -2.75. The molecule has 1 aromatic heterocycles. The van der Waals surface area contributed by atoms with Crippen LogP contribution in [0.4, 0.5) is 19.3 Å². The first-order valence-corrected chi connectivity index (χ1v) is 10.9. The average Bonchev–Trinajstić information content (AvgIpc) is 3.28. The lowest BCUT2D eigenvalue weighted by Gasteiger charge is -2.33. The molecule has 2 unspecified atom stereocenters. The van der Waals surface area contributed by atoms with E-state index in [2.05, 4.69) is 21.0 Å². The van der Waals surface area contributed by atoms with Crippen molar-refractivity contribution in [1.29, 1.82) is 0 Å². The maximum absolute atomic E-state index is 13.6. The topological polar surface area (TPSA) is 114 Å². The van der Waals surface area contributed by atoms with E-state index in [1.165, 1.54) is 6.20 Å². The maximum atomic E-state index is 13.6. The number of nitrogens with zero attached hydrogens (tertiary/aromatic N) is 2. The van der Waals surface area contributed by atoms with Crippen LogP contribution in [0.2, 0.25) is 0 Å². The molecule has 0 aromatic carbocycles. The molecule has 1 aliphatic heterocycles. The second-order valence-corrected chi connectivity index (χ2v) is 9.53. The quantitative estimate of drug-likeness (QED) is 0.610. The fourth-order valence-corrected chi connectivity index (χ4v) is 4.02. The summed E-state index contributed by atoms with van der Waals surface area (Å²) in [6.07, 6.45) is 2.53. The van der Waals surface area contributed by atoms with Crippen molar-refractivity contribution in [3.8, 4) is 0 Å². The molecule has 3 N–H and O–H groups in total. The Labute approximate surface area is 185 Å². The van der Waals surface area contributed by atoms with E-state index in [9.17, 15) is 23.2 Å². The van der Waals surface area contributed by atoms with Gasteiger partial charge in [-0.15, -0.1) is 0 Å². The lowest BCUT2D eigenvalue weighted by atomic mass is 9.81. The van der Waals surface area contributed by atoms with E-state index >= 15 is 0 Å². The first-order chi connectivity index (χ1) is 14.9. The summed E-state index contributed by atoms with van der Waals surface area (Å²) >= 11 is 0.